The fourth-order valence-corrected chi connectivity index (χ4v) is 1.54. The van der Waals surface area contributed by atoms with Crippen molar-refractivity contribution in [2.75, 3.05) is 11.9 Å². The number of anilines is 1. The van der Waals surface area contributed by atoms with Crippen molar-refractivity contribution in [1.82, 2.24) is 20.2 Å². The first-order chi connectivity index (χ1) is 5.95. The van der Waals surface area contributed by atoms with Crippen LogP contribution < -0.4 is 5.32 Å². The highest BCUT2D eigenvalue weighted by Crippen LogP contribution is 2.24. The third kappa shape index (κ3) is 0.603. The van der Waals surface area contributed by atoms with Crippen LogP contribution in [0.4, 0.5) is 5.82 Å². The molecule has 0 spiro atoms. The molecule has 0 atom stereocenters. The molecule has 0 saturated carbocycles. The van der Waals surface area contributed by atoms with Crippen LogP contribution in [0.15, 0.2) is 6.33 Å². The van der Waals surface area contributed by atoms with E-state index < -0.39 is 0 Å². The maximum Gasteiger partial charge on any atom is 0.186 e. The second-order valence-corrected chi connectivity index (χ2v) is 2.80. The van der Waals surface area contributed by atoms with E-state index in [9.17, 15) is 0 Å². The minimum absolute atomic E-state index is 0.752. The lowest BCUT2D eigenvalue weighted by Gasteiger charge is -2.11. The van der Waals surface area contributed by atoms with Gasteiger partial charge in [-0.3, -0.25) is 5.10 Å². The molecule has 3 rings (SSSR count). The van der Waals surface area contributed by atoms with Crippen LogP contribution in [0.5, 0.6) is 0 Å². The predicted octanol–water partition coefficient (Wildman–Crippen LogP) is 0.321. The molecule has 1 aliphatic rings. The van der Waals surface area contributed by atoms with Crippen LogP contribution >= 0.6 is 0 Å². The Morgan fingerprint density at radius 3 is 3.33 bits per heavy atom. The molecule has 2 aromatic rings. The zero-order valence-corrected chi connectivity index (χ0v) is 6.33. The van der Waals surface area contributed by atoms with Gasteiger partial charge < -0.3 is 5.32 Å². The Bertz CT molecular complexity index is 432. The van der Waals surface area contributed by atoms with Gasteiger partial charge in [-0.25, -0.2) is 9.97 Å². The Morgan fingerprint density at radius 1 is 1.33 bits per heavy atom. The van der Waals surface area contributed by atoms with E-state index in [1.807, 2.05) is 0 Å². The largest absolute Gasteiger partial charge is 0.369 e. The van der Waals surface area contributed by atoms with Gasteiger partial charge in [0.15, 0.2) is 5.65 Å². The van der Waals surface area contributed by atoms with Gasteiger partial charge in [-0.2, -0.15) is 5.10 Å². The van der Waals surface area contributed by atoms with Crippen molar-refractivity contribution in [3.05, 3.63) is 12.0 Å². The first kappa shape index (κ1) is 5.93. The maximum absolute atomic E-state index is 4.13. The highest BCUT2D eigenvalue weighted by molar-refractivity contribution is 5.89. The van der Waals surface area contributed by atoms with E-state index in [0.29, 0.717) is 0 Å². The number of nitrogens with zero attached hydrogens (tertiary/aromatic N) is 3. The van der Waals surface area contributed by atoms with Crippen molar-refractivity contribution in [2.24, 2.45) is 0 Å². The van der Waals surface area contributed by atoms with Crippen molar-refractivity contribution < 1.29 is 0 Å². The first-order valence-corrected chi connectivity index (χ1v) is 3.87. The molecule has 12 heavy (non-hydrogen) atoms. The highest BCUT2D eigenvalue weighted by Gasteiger charge is 2.15. The van der Waals surface area contributed by atoms with Gasteiger partial charge in [0.2, 0.25) is 0 Å². The summed E-state index contributed by atoms with van der Waals surface area (Å²) in [6, 6.07) is 0. The number of nitrogens with one attached hydrogen (secondary N) is 2. The van der Waals surface area contributed by atoms with Crippen LogP contribution in [0.2, 0.25) is 0 Å². The Morgan fingerprint density at radius 2 is 2.33 bits per heavy atom. The fraction of sp³-hybridized carbons (Fsp3) is 0.286. The third-order valence-corrected chi connectivity index (χ3v) is 2.09. The summed E-state index contributed by atoms with van der Waals surface area (Å²) >= 11 is 0. The Balaban J connectivity index is 2.50. The van der Waals surface area contributed by atoms with Gasteiger partial charge >= 0.3 is 0 Å². The SMILES string of the molecule is c1nc2c3c([nH]nc3n1)CCN2. The van der Waals surface area contributed by atoms with Gasteiger partial charge in [0.1, 0.15) is 12.1 Å². The maximum atomic E-state index is 4.13. The predicted molar refractivity (Wildman–Crippen MR) is 43.9 cm³/mol. The zero-order valence-electron chi connectivity index (χ0n) is 6.33. The van der Waals surface area contributed by atoms with Gasteiger partial charge in [0.05, 0.1) is 11.1 Å². The fourth-order valence-electron chi connectivity index (χ4n) is 1.54. The zero-order chi connectivity index (χ0) is 7.97. The lowest BCUT2D eigenvalue weighted by molar-refractivity contribution is 0.923. The molecule has 0 saturated heterocycles. The molecule has 1 aliphatic heterocycles. The van der Waals surface area contributed by atoms with Crippen LogP contribution in [-0.2, 0) is 6.42 Å². The first-order valence-electron chi connectivity index (χ1n) is 3.87. The molecule has 2 N–H and O–H groups in total. The number of hydrogen-bond acceptors (Lipinski definition) is 4. The summed E-state index contributed by atoms with van der Waals surface area (Å²) < 4.78 is 0. The summed E-state index contributed by atoms with van der Waals surface area (Å²) in [7, 11) is 0. The van der Waals surface area contributed by atoms with Gasteiger partial charge in [0.25, 0.3) is 0 Å². The second kappa shape index (κ2) is 1.94. The second-order valence-electron chi connectivity index (χ2n) is 2.80. The normalized spacial score (nSPS) is 14.7. The molecule has 0 unspecified atom stereocenters. The molecular weight excluding hydrogens is 154 g/mol. The number of H-pyrrole nitrogens is 1. The summed E-state index contributed by atoms with van der Waals surface area (Å²) in [5.74, 6) is 0.898. The lowest BCUT2D eigenvalue weighted by Crippen LogP contribution is -2.12. The van der Waals surface area contributed by atoms with E-state index >= 15 is 0 Å². The Labute approximate surface area is 68.2 Å². The summed E-state index contributed by atoms with van der Waals surface area (Å²) in [4.78, 5) is 8.18. The van der Waals surface area contributed by atoms with Crippen molar-refractivity contribution in [3.63, 3.8) is 0 Å². The van der Waals surface area contributed by atoms with Crippen LogP contribution in [0.1, 0.15) is 5.69 Å². The number of hydrogen-bond donors (Lipinski definition) is 2. The van der Waals surface area contributed by atoms with E-state index in [-0.39, 0.29) is 0 Å². The van der Waals surface area contributed by atoms with E-state index in [1.54, 1.807) is 0 Å². The molecule has 0 amide bonds. The van der Waals surface area contributed by atoms with E-state index in [1.165, 1.54) is 6.33 Å². The average Bonchev–Trinajstić information content (AvgIpc) is 2.52. The minimum atomic E-state index is 0.752. The van der Waals surface area contributed by atoms with Crippen LogP contribution in [0.3, 0.4) is 0 Å². The molecule has 0 fully saturated rings. The molecule has 0 aliphatic carbocycles. The van der Waals surface area contributed by atoms with Gasteiger partial charge in [0, 0.05) is 13.0 Å². The molecule has 5 nitrogen and oxygen atoms in total. The number of aromatic amines is 1. The summed E-state index contributed by atoms with van der Waals surface area (Å²) in [5.41, 5.74) is 1.89. The minimum Gasteiger partial charge on any atom is -0.369 e. The summed E-state index contributed by atoms with van der Waals surface area (Å²) in [6.45, 7) is 0.918. The monoisotopic (exact) mass is 161 g/mol. The molecule has 3 heterocycles. The lowest BCUT2D eigenvalue weighted by atomic mass is 10.2. The van der Waals surface area contributed by atoms with Crippen molar-refractivity contribution in [1.29, 1.82) is 0 Å². The average molecular weight is 161 g/mol. The number of rotatable bonds is 0. The smallest absolute Gasteiger partial charge is 0.186 e. The van der Waals surface area contributed by atoms with E-state index in [2.05, 4.69) is 25.5 Å². The Kier molecular flexibility index (Phi) is 0.957. The van der Waals surface area contributed by atoms with E-state index in [4.69, 9.17) is 0 Å². The molecular formula is C7H7N5. The van der Waals surface area contributed by atoms with Gasteiger partial charge in [-0.05, 0) is 0 Å². The van der Waals surface area contributed by atoms with Crippen molar-refractivity contribution in [2.45, 2.75) is 6.42 Å². The topological polar surface area (TPSA) is 66.5 Å². The highest BCUT2D eigenvalue weighted by atomic mass is 15.2. The molecule has 5 heteroatoms. The third-order valence-electron chi connectivity index (χ3n) is 2.09. The van der Waals surface area contributed by atoms with E-state index in [0.717, 1.165) is 35.5 Å². The summed E-state index contributed by atoms with van der Waals surface area (Å²) in [5, 5.41) is 11.3. The Hall–Kier alpha value is -1.65. The van der Waals surface area contributed by atoms with Crippen LogP contribution in [-0.4, -0.2) is 26.7 Å². The van der Waals surface area contributed by atoms with Gasteiger partial charge in [-0.15, -0.1) is 0 Å². The van der Waals surface area contributed by atoms with Crippen LogP contribution in [0.25, 0.3) is 11.0 Å². The molecule has 2 aromatic heterocycles. The van der Waals surface area contributed by atoms with Crippen molar-refractivity contribution >= 4 is 16.9 Å². The summed E-state index contributed by atoms with van der Waals surface area (Å²) in [6.07, 6.45) is 2.50. The molecule has 0 radical (unpaired) electrons. The van der Waals surface area contributed by atoms with Gasteiger partial charge in [-0.1, -0.05) is 0 Å². The standard InChI is InChI=1S/C7H7N5/c1-2-8-6-5-4(1)11-12-7(5)10-3-9-6/h3H,1-2H2,(H2,8,9,10,11,12). The molecule has 0 aromatic carbocycles. The molecule has 0 bridgehead atoms. The quantitative estimate of drug-likeness (QED) is 0.584. The number of aromatic nitrogens is 4. The molecule has 60 valence electrons. The van der Waals surface area contributed by atoms with Crippen LogP contribution in [0, 0.1) is 0 Å². The van der Waals surface area contributed by atoms with Crippen molar-refractivity contribution in [3.8, 4) is 0 Å².